The monoisotopic (exact) mass is 300 g/mol. The molecule has 1 fully saturated rings. The van der Waals surface area contributed by atoms with Crippen molar-refractivity contribution in [1.82, 2.24) is 20.4 Å². The third kappa shape index (κ3) is 3.13. The maximum Gasteiger partial charge on any atom is 0.251 e. The number of nitrogens with one attached hydrogen (secondary N) is 1. The Balaban J connectivity index is 1.50. The van der Waals surface area contributed by atoms with Crippen molar-refractivity contribution in [3.8, 4) is 0 Å². The topological polar surface area (TPSA) is 88.3 Å². The second-order valence-corrected chi connectivity index (χ2v) is 5.16. The molecule has 1 saturated heterocycles. The summed E-state index contributed by atoms with van der Waals surface area (Å²) in [5.74, 6) is 0.384. The smallest absolute Gasteiger partial charge is 0.251 e. The first-order valence-electron chi connectivity index (χ1n) is 7.11. The summed E-state index contributed by atoms with van der Waals surface area (Å²) in [5.41, 5.74) is 0.543. The normalized spacial score (nSPS) is 17.5. The second-order valence-electron chi connectivity index (χ2n) is 5.16. The van der Waals surface area contributed by atoms with E-state index in [1.54, 1.807) is 29.2 Å². The number of amides is 2. The number of aromatic nitrogens is 2. The van der Waals surface area contributed by atoms with E-state index in [1.165, 1.54) is 6.39 Å². The van der Waals surface area contributed by atoms with Crippen molar-refractivity contribution >= 4 is 11.8 Å². The van der Waals surface area contributed by atoms with E-state index in [0.717, 1.165) is 6.42 Å². The van der Waals surface area contributed by atoms with Gasteiger partial charge in [-0.2, -0.15) is 4.98 Å². The highest BCUT2D eigenvalue weighted by Crippen LogP contribution is 2.24. The highest BCUT2D eigenvalue weighted by molar-refractivity contribution is 5.96. The van der Waals surface area contributed by atoms with Gasteiger partial charge in [-0.15, -0.1) is 0 Å². The van der Waals surface area contributed by atoms with Crippen molar-refractivity contribution in [2.24, 2.45) is 0 Å². The van der Waals surface area contributed by atoms with Crippen molar-refractivity contribution < 1.29 is 14.1 Å². The minimum absolute atomic E-state index is 0.00725. The van der Waals surface area contributed by atoms with Crippen LogP contribution < -0.4 is 5.32 Å². The first kappa shape index (κ1) is 14.2. The second kappa shape index (κ2) is 6.38. The van der Waals surface area contributed by atoms with Gasteiger partial charge >= 0.3 is 0 Å². The number of rotatable bonds is 4. The average Bonchev–Trinajstić information content (AvgIpc) is 3.23. The SMILES string of the molecule is O=C(NCC(=O)N1CC[C@@H](c2ncon2)C1)c1ccccc1. The number of likely N-dealkylation sites (tertiary alicyclic amines) is 1. The number of nitrogens with zero attached hydrogens (tertiary/aromatic N) is 3. The standard InChI is InChI=1S/C15H16N4O3/c20-13(8-16-15(21)11-4-2-1-3-5-11)19-7-6-12(9-19)14-17-10-22-18-14/h1-5,10,12H,6-9H2,(H,16,21)/t12-/m1/s1. The predicted octanol–water partition coefficient (Wildman–Crippen LogP) is 0.815. The lowest BCUT2D eigenvalue weighted by molar-refractivity contribution is -0.129. The Morgan fingerprint density at radius 3 is 2.86 bits per heavy atom. The fourth-order valence-electron chi connectivity index (χ4n) is 2.52. The van der Waals surface area contributed by atoms with Crippen LogP contribution in [0.25, 0.3) is 0 Å². The van der Waals surface area contributed by atoms with E-state index < -0.39 is 0 Å². The summed E-state index contributed by atoms with van der Waals surface area (Å²) in [4.78, 5) is 29.8. The molecule has 2 heterocycles. The first-order valence-corrected chi connectivity index (χ1v) is 7.11. The summed E-state index contributed by atoms with van der Waals surface area (Å²) in [7, 11) is 0. The van der Waals surface area contributed by atoms with Gasteiger partial charge in [-0.05, 0) is 18.6 Å². The molecule has 1 aromatic carbocycles. The summed E-state index contributed by atoms with van der Waals surface area (Å²) < 4.78 is 4.73. The van der Waals surface area contributed by atoms with Crippen molar-refractivity contribution in [3.63, 3.8) is 0 Å². The first-order chi connectivity index (χ1) is 10.7. The van der Waals surface area contributed by atoms with Gasteiger partial charge in [0.25, 0.3) is 5.91 Å². The van der Waals surface area contributed by atoms with Crippen LogP contribution in [0.2, 0.25) is 0 Å². The van der Waals surface area contributed by atoms with Crippen LogP contribution in [-0.4, -0.2) is 46.5 Å². The molecule has 2 aromatic rings. The van der Waals surface area contributed by atoms with Crippen molar-refractivity contribution in [3.05, 3.63) is 48.1 Å². The number of hydrogen-bond acceptors (Lipinski definition) is 5. The predicted molar refractivity (Wildman–Crippen MR) is 77.0 cm³/mol. The lowest BCUT2D eigenvalue weighted by atomic mass is 10.1. The number of benzene rings is 1. The van der Waals surface area contributed by atoms with Crippen molar-refractivity contribution in [1.29, 1.82) is 0 Å². The molecule has 0 bridgehead atoms. The molecule has 1 aliphatic rings. The van der Waals surface area contributed by atoms with E-state index in [4.69, 9.17) is 4.52 Å². The molecule has 114 valence electrons. The van der Waals surface area contributed by atoms with Gasteiger partial charge in [0.15, 0.2) is 5.82 Å². The van der Waals surface area contributed by atoms with Crippen LogP contribution in [0.5, 0.6) is 0 Å². The highest BCUT2D eigenvalue weighted by Gasteiger charge is 2.29. The summed E-state index contributed by atoms with van der Waals surface area (Å²) in [6, 6.07) is 8.83. The molecule has 0 aliphatic carbocycles. The van der Waals surface area contributed by atoms with Gasteiger partial charge in [0, 0.05) is 24.6 Å². The Bertz CT molecular complexity index is 642. The van der Waals surface area contributed by atoms with Gasteiger partial charge in [0.05, 0.1) is 6.54 Å². The molecule has 3 rings (SSSR count). The van der Waals surface area contributed by atoms with E-state index in [-0.39, 0.29) is 24.3 Å². The Kier molecular flexibility index (Phi) is 4.13. The minimum Gasteiger partial charge on any atom is -0.343 e. The molecule has 0 radical (unpaired) electrons. The van der Waals surface area contributed by atoms with E-state index >= 15 is 0 Å². The lowest BCUT2D eigenvalue weighted by Gasteiger charge is -2.16. The van der Waals surface area contributed by atoms with Crippen LogP contribution in [0.4, 0.5) is 0 Å². The van der Waals surface area contributed by atoms with Crippen molar-refractivity contribution in [2.45, 2.75) is 12.3 Å². The quantitative estimate of drug-likeness (QED) is 0.903. The fraction of sp³-hybridized carbons (Fsp3) is 0.333. The molecular formula is C15H16N4O3. The third-order valence-electron chi connectivity index (χ3n) is 3.72. The van der Waals surface area contributed by atoms with Crippen LogP contribution in [-0.2, 0) is 4.79 Å². The zero-order valence-electron chi connectivity index (χ0n) is 11.9. The van der Waals surface area contributed by atoms with E-state index in [9.17, 15) is 9.59 Å². The summed E-state index contributed by atoms with van der Waals surface area (Å²) >= 11 is 0. The zero-order valence-corrected chi connectivity index (χ0v) is 11.9. The summed E-state index contributed by atoms with van der Waals surface area (Å²) in [5, 5.41) is 6.46. The molecule has 0 unspecified atom stereocenters. The molecule has 2 amide bonds. The van der Waals surface area contributed by atoms with Gasteiger partial charge in [0.2, 0.25) is 12.3 Å². The number of carbonyl (C=O) groups is 2. The minimum atomic E-state index is -0.247. The molecule has 1 aliphatic heterocycles. The van der Waals surface area contributed by atoms with Crippen LogP contribution in [0.3, 0.4) is 0 Å². The van der Waals surface area contributed by atoms with Crippen LogP contribution in [0.1, 0.15) is 28.5 Å². The van der Waals surface area contributed by atoms with Crippen LogP contribution >= 0.6 is 0 Å². The molecular weight excluding hydrogens is 284 g/mol. The Morgan fingerprint density at radius 2 is 2.14 bits per heavy atom. The Morgan fingerprint density at radius 1 is 1.32 bits per heavy atom. The van der Waals surface area contributed by atoms with Crippen LogP contribution in [0.15, 0.2) is 41.2 Å². The van der Waals surface area contributed by atoms with Gasteiger partial charge in [0.1, 0.15) is 0 Å². The van der Waals surface area contributed by atoms with Gasteiger partial charge < -0.3 is 14.7 Å². The fourth-order valence-corrected chi connectivity index (χ4v) is 2.52. The Labute approximate surface area is 127 Å². The molecule has 7 nitrogen and oxygen atoms in total. The average molecular weight is 300 g/mol. The molecule has 1 aromatic heterocycles. The van der Waals surface area contributed by atoms with Crippen LogP contribution in [0, 0.1) is 0 Å². The van der Waals surface area contributed by atoms with Gasteiger partial charge in [-0.25, -0.2) is 0 Å². The largest absolute Gasteiger partial charge is 0.343 e. The maximum atomic E-state index is 12.1. The molecule has 1 atom stereocenters. The van der Waals surface area contributed by atoms with E-state index in [1.807, 2.05) is 6.07 Å². The van der Waals surface area contributed by atoms with Crippen molar-refractivity contribution in [2.75, 3.05) is 19.6 Å². The zero-order chi connectivity index (χ0) is 15.4. The molecule has 22 heavy (non-hydrogen) atoms. The third-order valence-corrected chi connectivity index (χ3v) is 3.72. The maximum absolute atomic E-state index is 12.1. The lowest BCUT2D eigenvalue weighted by Crippen LogP contribution is -2.39. The van der Waals surface area contributed by atoms with E-state index in [0.29, 0.717) is 24.5 Å². The van der Waals surface area contributed by atoms with Gasteiger partial charge in [-0.1, -0.05) is 23.4 Å². The van der Waals surface area contributed by atoms with Gasteiger partial charge in [-0.3, -0.25) is 9.59 Å². The molecule has 1 N–H and O–H groups in total. The Hall–Kier alpha value is -2.70. The summed E-state index contributed by atoms with van der Waals surface area (Å²) in [6.45, 7) is 1.19. The molecule has 0 spiro atoms. The molecule has 7 heteroatoms. The number of hydrogen-bond donors (Lipinski definition) is 1. The summed E-state index contributed by atoms with van der Waals surface area (Å²) in [6.07, 6.45) is 2.10. The number of carbonyl (C=O) groups excluding carboxylic acids is 2. The highest BCUT2D eigenvalue weighted by atomic mass is 16.5. The van der Waals surface area contributed by atoms with E-state index in [2.05, 4.69) is 15.5 Å². The molecule has 0 saturated carbocycles.